The Kier molecular flexibility index (Phi) is 5.43. The number of aliphatic hydroxyl groups excluding tert-OH is 1. The predicted molar refractivity (Wildman–Crippen MR) is 98.0 cm³/mol. The maximum Gasteiger partial charge on any atom is 0.290 e. The highest BCUT2D eigenvalue weighted by Crippen LogP contribution is 2.25. The van der Waals surface area contributed by atoms with Gasteiger partial charge in [-0.25, -0.2) is 0 Å². The molecule has 4 N–H and O–H groups in total. The average molecular weight is 355 g/mol. The van der Waals surface area contributed by atoms with E-state index in [1.54, 1.807) is 13.0 Å². The highest BCUT2D eigenvalue weighted by Gasteiger charge is 2.31. The number of aliphatic imine (C=N–C) groups is 1. The summed E-state index contributed by atoms with van der Waals surface area (Å²) < 4.78 is 5.15. The van der Waals surface area contributed by atoms with E-state index in [4.69, 9.17) is 10.4 Å². The summed E-state index contributed by atoms with van der Waals surface area (Å²) in [5, 5.41) is 19.8. The van der Waals surface area contributed by atoms with Crippen LogP contribution in [-0.2, 0) is 0 Å². The first-order chi connectivity index (χ1) is 12.6. The number of hydrazone groups is 1. The van der Waals surface area contributed by atoms with Crippen LogP contribution in [0.15, 0.2) is 51.0 Å². The molecule has 0 spiro atoms. The molecule has 0 radical (unpaired) electrons. The summed E-state index contributed by atoms with van der Waals surface area (Å²) in [5.41, 5.74) is 1.94. The third-order valence-electron chi connectivity index (χ3n) is 4.22. The third-order valence-corrected chi connectivity index (χ3v) is 4.22. The van der Waals surface area contributed by atoms with Crippen molar-refractivity contribution in [1.82, 2.24) is 10.5 Å². The van der Waals surface area contributed by atoms with Crippen LogP contribution in [0.4, 0.5) is 0 Å². The molecule has 1 amide bonds. The van der Waals surface area contributed by atoms with E-state index in [0.717, 1.165) is 5.56 Å². The monoisotopic (exact) mass is 355 g/mol. The van der Waals surface area contributed by atoms with Crippen molar-refractivity contribution in [1.29, 1.82) is 0 Å². The van der Waals surface area contributed by atoms with Crippen molar-refractivity contribution in [3.8, 4) is 11.3 Å². The molecule has 0 aliphatic heterocycles. The number of nitrogens with one attached hydrogen (secondary N) is 1. The lowest BCUT2D eigenvalue weighted by atomic mass is 9.87. The first-order valence-corrected chi connectivity index (χ1v) is 8.39. The third kappa shape index (κ3) is 4.15. The molecule has 1 aliphatic rings. The van der Waals surface area contributed by atoms with Crippen molar-refractivity contribution in [2.75, 3.05) is 0 Å². The smallest absolute Gasteiger partial charge is 0.290 e. The summed E-state index contributed by atoms with van der Waals surface area (Å²) in [6, 6.07) is 11.2. The van der Waals surface area contributed by atoms with Crippen molar-refractivity contribution in [3.05, 3.63) is 42.2 Å². The fraction of sp³-hybridized carbons (Fsp3) is 0.333. The Morgan fingerprint density at radius 1 is 1.42 bits per heavy atom. The normalized spacial score (nSPS) is 21.4. The summed E-state index contributed by atoms with van der Waals surface area (Å²) in [7, 11) is 0. The molecular formula is C18H21N5O3. The van der Waals surface area contributed by atoms with Crippen LogP contribution >= 0.6 is 0 Å². The molecule has 1 saturated carbocycles. The van der Waals surface area contributed by atoms with Gasteiger partial charge < -0.3 is 20.8 Å². The number of benzene rings is 1. The molecule has 2 aromatic rings. The fourth-order valence-electron chi connectivity index (χ4n) is 2.73. The van der Waals surface area contributed by atoms with Crippen molar-refractivity contribution in [3.63, 3.8) is 0 Å². The van der Waals surface area contributed by atoms with Crippen molar-refractivity contribution >= 4 is 17.8 Å². The van der Waals surface area contributed by atoms with Crippen molar-refractivity contribution in [2.45, 2.75) is 38.0 Å². The molecule has 8 heteroatoms. The quantitative estimate of drug-likeness (QED) is 0.410. The lowest BCUT2D eigenvalue weighted by Crippen LogP contribution is -2.46. The largest absolute Gasteiger partial charge is 0.387 e. The second-order valence-electron chi connectivity index (χ2n) is 6.25. The minimum atomic E-state index is -0.735. The zero-order valence-electron chi connectivity index (χ0n) is 14.4. The molecule has 136 valence electrons. The number of rotatable bonds is 6. The van der Waals surface area contributed by atoms with Gasteiger partial charge in [-0.15, -0.1) is 0 Å². The number of aliphatic hydroxyl groups is 1. The number of hydrogen-bond acceptors (Lipinski definition) is 7. The van der Waals surface area contributed by atoms with E-state index in [0.29, 0.717) is 24.2 Å². The summed E-state index contributed by atoms with van der Waals surface area (Å²) in [6.45, 7) is 1.60. The molecule has 1 heterocycles. The number of amides is 1. The van der Waals surface area contributed by atoms with Gasteiger partial charge in [-0.2, -0.15) is 5.10 Å². The molecule has 3 rings (SSSR count). The molecule has 1 atom stereocenters. The van der Waals surface area contributed by atoms with Crippen LogP contribution in [-0.4, -0.2) is 46.3 Å². The molecule has 8 nitrogen and oxygen atoms in total. The number of carbonyl (C=O) groups is 1. The minimum Gasteiger partial charge on any atom is -0.387 e. The van der Waals surface area contributed by atoms with E-state index in [9.17, 15) is 9.90 Å². The van der Waals surface area contributed by atoms with Gasteiger partial charge in [0.2, 0.25) is 5.76 Å². The van der Waals surface area contributed by atoms with Gasteiger partial charge in [0, 0.05) is 17.7 Å². The summed E-state index contributed by atoms with van der Waals surface area (Å²) in [6.07, 6.45) is 1.97. The van der Waals surface area contributed by atoms with Gasteiger partial charge in [-0.05, 0) is 19.8 Å². The van der Waals surface area contributed by atoms with E-state index in [1.165, 1.54) is 6.21 Å². The highest BCUT2D eigenvalue weighted by atomic mass is 16.5. The Balaban J connectivity index is 1.54. The molecule has 0 bridgehead atoms. The SMILES string of the molecule is C[C@@H](O)C(C=NN)=NC1CC(NC(=O)c2cc(-c3ccccc3)no2)C1. The predicted octanol–water partition coefficient (Wildman–Crippen LogP) is 1.37. The van der Waals surface area contributed by atoms with Crippen LogP contribution in [0.1, 0.15) is 30.3 Å². The zero-order valence-corrected chi connectivity index (χ0v) is 14.4. The van der Waals surface area contributed by atoms with E-state index in [2.05, 4.69) is 20.6 Å². The molecule has 26 heavy (non-hydrogen) atoms. The van der Waals surface area contributed by atoms with Crippen LogP contribution in [0, 0.1) is 0 Å². The van der Waals surface area contributed by atoms with Gasteiger partial charge >= 0.3 is 0 Å². The zero-order chi connectivity index (χ0) is 18.5. The standard InChI is InChI=1S/C18H21N5O3/c1-11(24)16(10-20-19)21-13-7-14(8-13)22-18(25)17-9-15(23-26-17)12-5-3-2-4-6-12/h2-6,9-11,13-14,24H,7-8,19H2,1H3,(H,22,25)/t11-,13?,14?/m1/s1. The number of nitrogens with zero attached hydrogens (tertiary/aromatic N) is 3. The molecule has 0 saturated heterocycles. The molecule has 1 aromatic heterocycles. The number of nitrogens with two attached hydrogens (primary N) is 1. The van der Waals surface area contributed by atoms with Crippen molar-refractivity contribution in [2.24, 2.45) is 15.9 Å². The Hall–Kier alpha value is -3.00. The lowest BCUT2D eigenvalue weighted by molar-refractivity contribution is 0.0872. The van der Waals surface area contributed by atoms with Gasteiger partial charge in [-0.1, -0.05) is 35.5 Å². The molecule has 0 unspecified atom stereocenters. The Morgan fingerprint density at radius 3 is 2.81 bits per heavy atom. The summed E-state index contributed by atoms with van der Waals surface area (Å²) >= 11 is 0. The van der Waals surface area contributed by atoms with E-state index in [1.807, 2.05) is 30.3 Å². The molecule has 1 aliphatic carbocycles. The minimum absolute atomic E-state index is 0.00610. The Bertz CT molecular complexity index is 807. The number of hydrogen-bond donors (Lipinski definition) is 3. The van der Waals surface area contributed by atoms with Crippen LogP contribution in [0.25, 0.3) is 11.3 Å². The van der Waals surface area contributed by atoms with E-state index in [-0.39, 0.29) is 23.8 Å². The van der Waals surface area contributed by atoms with Crippen molar-refractivity contribution < 1.29 is 14.4 Å². The van der Waals surface area contributed by atoms with Gasteiger partial charge in [0.1, 0.15) is 5.69 Å². The maximum absolute atomic E-state index is 12.3. The highest BCUT2D eigenvalue weighted by molar-refractivity contribution is 6.32. The van der Waals surface area contributed by atoms with Gasteiger partial charge in [0.25, 0.3) is 5.91 Å². The maximum atomic E-state index is 12.3. The summed E-state index contributed by atoms with van der Waals surface area (Å²) in [5.74, 6) is 4.99. The topological polar surface area (TPSA) is 126 Å². The van der Waals surface area contributed by atoms with E-state index < -0.39 is 6.10 Å². The van der Waals surface area contributed by atoms with Crippen LogP contribution in [0.2, 0.25) is 0 Å². The van der Waals surface area contributed by atoms with Gasteiger partial charge in [0.15, 0.2) is 0 Å². The molecular weight excluding hydrogens is 334 g/mol. The molecule has 1 fully saturated rings. The lowest BCUT2D eigenvalue weighted by Gasteiger charge is -2.33. The van der Waals surface area contributed by atoms with Gasteiger partial charge in [-0.3, -0.25) is 9.79 Å². The van der Waals surface area contributed by atoms with E-state index >= 15 is 0 Å². The number of aromatic nitrogens is 1. The number of carbonyl (C=O) groups excluding carboxylic acids is 1. The fourth-order valence-corrected chi connectivity index (χ4v) is 2.73. The first-order valence-electron chi connectivity index (χ1n) is 8.39. The first kappa shape index (κ1) is 17.8. The Labute approximate surface area is 150 Å². The molecule has 1 aromatic carbocycles. The summed E-state index contributed by atoms with van der Waals surface area (Å²) in [4.78, 5) is 16.7. The van der Waals surface area contributed by atoms with Crippen LogP contribution < -0.4 is 11.2 Å². The second kappa shape index (κ2) is 7.92. The Morgan fingerprint density at radius 2 is 2.15 bits per heavy atom. The van der Waals surface area contributed by atoms with Crippen LogP contribution in [0.5, 0.6) is 0 Å². The van der Waals surface area contributed by atoms with Crippen LogP contribution in [0.3, 0.4) is 0 Å². The average Bonchev–Trinajstić information content (AvgIpc) is 3.10. The van der Waals surface area contributed by atoms with Gasteiger partial charge in [0.05, 0.1) is 24.1 Å². The second-order valence-corrected chi connectivity index (χ2v) is 6.25.